The lowest BCUT2D eigenvalue weighted by Crippen LogP contribution is -2.57. The summed E-state index contributed by atoms with van der Waals surface area (Å²) in [7, 11) is 1.56. The van der Waals surface area contributed by atoms with Gasteiger partial charge in [0.25, 0.3) is 5.91 Å². The van der Waals surface area contributed by atoms with Crippen molar-refractivity contribution >= 4 is 23.5 Å². The number of rotatable bonds is 13. The number of methoxy groups -OCH3 is 1. The molecule has 2 aromatic rings. The molecule has 3 N–H and O–H groups in total. The lowest BCUT2D eigenvalue weighted by atomic mass is 9.90. The number of Topliss-reactive ketones (excluding diaryl/α,β-unsaturated/α-hetero) is 1. The Kier molecular flexibility index (Phi) is 9.24. The number of benzene rings is 1. The average molecular weight is 555 g/mol. The van der Waals surface area contributed by atoms with E-state index < -0.39 is 41.4 Å². The van der Waals surface area contributed by atoms with Crippen LogP contribution in [-0.2, 0) is 25.5 Å². The number of hydrogen-bond donors (Lipinski definition) is 3. The Hall–Kier alpha value is -3.73. The minimum Gasteiger partial charge on any atom is -0.497 e. The van der Waals surface area contributed by atoms with Gasteiger partial charge in [0.2, 0.25) is 17.6 Å². The van der Waals surface area contributed by atoms with Crippen LogP contribution in [0.1, 0.15) is 67.8 Å². The molecule has 11 heteroatoms. The summed E-state index contributed by atoms with van der Waals surface area (Å²) >= 11 is 0. The molecule has 40 heavy (non-hydrogen) atoms. The molecular formula is C29H38N4O7. The van der Waals surface area contributed by atoms with Gasteiger partial charge in [0.15, 0.2) is 5.78 Å². The van der Waals surface area contributed by atoms with Gasteiger partial charge in [0.05, 0.1) is 25.5 Å². The fourth-order valence-electron chi connectivity index (χ4n) is 5.01. The molecule has 2 fully saturated rings. The molecule has 2 aliphatic rings. The van der Waals surface area contributed by atoms with Crippen molar-refractivity contribution in [3.63, 3.8) is 0 Å². The lowest BCUT2D eigenvalue weighted by molar-refractivity contribution is -0.133. The smallest absolute Gasteiger partial charge is 0.290 e. The molecule has 3 amide bonds. The first-order valence-electron chi connectivity index (χ1n) is 13.7. The molecule has 4 rings (SSSR count). The molecule has 0 unspecified atom stereocenters. The van der Waals surface area contributed by atoms with Crippen molar-refractivity contribution in [2.24, 2.45) is 5.92 Å². The summed E-state index contributed by atoms with van der Waals surface area (Å²) in [6.45, 7) is 5.26. The second-order valence-corrected chi connectivity index (χ2v) is 11.0. The zero-order chi connectivity index (χ0) is 28.9. The van der Waals surface area contributed by atoms with Crippen LogP contribution in [0.15, 0.2) is 34.9 Å². The number of nitrogens with one attached hydrogen (secondary N) is 3. The number of hydrogen-bond acceptors (Lipinski definition) is 8. The van der Waals surface area contributed by atoms with E-state index >= 15 is 0 Å². The van der Waals surface area contributed by atoms with E-state index in [1.54, 1.807) is 33.1 Å². The van der Waals surface area contributed by atoms with Gasteiger partial charge < -0.3 is 29.9 Å². The van der Waals surface area contributed by atoms with E-state index in [1.165, 1.54) is 13.0 Å². The molecule has 11 nitrogen and oxygen atoms in total. The Morgan fingerprint density at radius 3 is 2.27 bits per heavy atom. The number of ketones is 1. The Labute approximate surface area is 233 Å². The molecule has 0 spiro atoms. The van der Waals surface area contributed by atoms with Crippen LogP contribution in [0, 0.1) is 12.8 Å². The Morgan fingerprint density at radius 1 is 1.05 bits per heavy atom. The molecular weight excluding hydrogens is 516 g/mol. The Balaban J connectivity index is 1.48. The fraction of sp³-hybridized carbons (Fsp3) is 0.552. The number of carbonyl (C=O) groups excluding carboxylic acids is 4. The highest BCUT2D eigenvalue weighted by atomic mass is 16.6. The molecule has 0 bridgehead atoms. The molecule has 1 aromatic heterocycles. The largest absolute Gasteiger partial charge is 0.497 e. The molecule has 1 aromatic carbocycles. The summed E-state index contributed by atoms with van der Waals surface area (Å²) in [6, 6.07) is 5.93. The highest BCUT2D eigenvalue weighted by Gasteiger charge is 2.50. The topological polar surface area (TPSA) is 152 Å². The maximum Gasteiger partial charge on any atom is 0.290 e. The third kappa shape index (κ3) is 7.47. The van der Waals surface area contributed by atoms with Crippen molar-refractivity contribution < 1.29 is 33.2 Å². The Morgan fingerprint density at radius 2 is 1.70 bits per heavy atom. The summed E-state index contributed by atoms with van der Waals surface area (Å²) in [5, 5.41) is 11.9. The van der Waals surface area contributed by atoms with E-state index in [0.717, 1.165) is 31.2 Å². The van der Waals surface area contributed by atoms with Gasteiger partial charge in [0, 0.05) is 12.5 Å². The van der Waals surface area contributed by atoms with Crippen molar-refractivity contribution in [1.29, 1.82) is 0 Å². The first-order valence-corrected chi connectivity index (χ1v) is 13.7. The van der Waals surface area contributed by atoms with Crippen molar-refractivity contribution in [1.82, 2.24) is 21.1 Å². The average Bonchev–Trinajstić information content (AvgIpc) is 3.28. The van der Waals surface area contributed by atoms with Gasteiger partial charge in [-0.3, -0.25) is 19.2 Å². The van der Waals surface area contributed by atoms with Gasteiger partial charge in [0.1, 0.15) is 23.4 Å². The Bertz CT molecular complexity index is 1220. The number of epoxide rings is 1. The van der Waals surface area contributed by atoms with E-state index in [-0.39, 0.29) is 18.0 Å². The minimum absolute atomic E-state index is 0.0197. The number of amides is 3. The third-order valence-corrected chi connectivity index (χ3v) is 7.60. The van der Waals surface area contributed by atoms with Gasteiger partial charge in [-0.05, 0) is 50.8 Å². The molecule has 216 valence electrons. The van der Waals surface area contributed by atoms with E-state index in [1.807, 2.05) is 12.1 Å². The fourth-order valence-corrected chi connectivity index (χ4v) is 5.01. The maximum absolute atomic E-state index is 13.7. The monoisotopic (exact) mass is 554 g/mol. The number of aromatic nitrogens is 1. The highest BCUT2D eigenvalue weighted by molar-refractivity contribution is 5.99. The van der Waals surface area contributed by atoms with Crippen LogP contribution in [-0.4, -0.2) is 66.1 Å². The highest BCUT2D eigenvalue weighted by Crippen LogP contribution is 2.33. The van der Waals surface area contributed by atoms with Crippen LogP contribution in [0.2, 0.25) is 0 Å². The number of aryl methyl sites for hydroxylation is 1. The lowest BCUT2D eigenvalue weighted by Gasteiger charge is -2.26. The number of ether oxygens (including phenoxy) is 2. The van der Waals surface area contributed by atoms with E-state index in [9.17, 15) is 19.2 Å². The molecule has 1 saturated heterocycles. The van der Waals surface area contributed by atoms with Crippen molar-refractivity contribution in [3.8, 4) is 5.75 Å². The van der Waals surface area contributed by atoms with Crippen molar-refractivity contribution in [3.05, 3.63) is 47.3 Å². The van der Waals surface area contributed by atoms with Crippen LogP contribution >= 0.6 is 0 Å². The number of nitrogens with zero attached hydrogens (tertiary/aromatic N) is 1. The molecule has 1 aliphatic heterocycles. The SMILES string of the molecule is COc1ccc(C[C@H](NC(=O)[C@H](C)NC(=O)c2cc(C)no2)C(=O)N[C@@H](CC2CCCC2)C(=O)[C@@]2(C)CO2)cc1. The van der Waals surface area contributed by atoms with Crippen molar-refractivity contribution in [2.75, 3.05) is 13.7 Å². The van der Waals surface area contributed by atoms with Gasteiger partial charge in [-0.2, -0.15) is 0 Å². The third-order valence-electron chi connectivity index (χ3n) is 7.60. The van der Waals surface area contributed by atoms with Crippen LogP contribution < -0.4 is 20.7 Å². The zero-order valence-electron chi connectivity index (χ0n) is 23.5. The van der Waals surface area contributed by atoms with Gasteiger partial charge in [-0.1, -0.05) is 43.0 Å². The molecule has 2 heterocycles. The summed E-state index contributed by atoms with van der Waals surface area (Å²) < 4.78 is 15.6. The number of carbonyl (C=O) groups is 4. The first-order chi connectivity index (χ1) is 19.1. The van der Waals surface area contributed by atoms with Crippen LogP contribution in [0.5, 0.6) is 5.75 Å². The second-order valence-electron chi connectivity index (χ2n) is 11.0. The first kappa shape index (κ1) is 29.3. The molecule has 0 radical (unpaired) electrons. The second kappa shape index (κ2) is 12.6. The van der Waals surface area contributed by atoms with Gasteiger partial charge >= 0.3 is 0 Å². The predicted molar refractivity (Wildman–Crippen MR) is 145 cm³/mol. The van der Waals surface area contributed by atoms with Gasteiger partial charge in [-0.15, -0.1) is 0 Å². The predicted octanol–water partition coefficient (Wildman–Crippen LogP) is 2.26. The summed E-state index contributed by atoms with van der Waals surface area (Å²) in [6.07, 6.45) is 4.97. The molecule has 4 atom stereocenters. The standard InChI is InChI=1S/C29H38N4O7/c1-17-13-24(40-33-17)28(37)30-18(2)26(35)32-23(15-20-9-11-21(38-4)12-10-20)27(36)31-22(14-19-7-5-6-8-19)25(34)29(3)16-39-29/h9-13,18-19,22-23H,5-8,14-16H2,1-4H3,(H,30,37)(H,31,36)(H,32,35)/t18-,22-,23-,29+/m0/s1. The summed E-state index contributed by atoms with van der Waals surface area (Å²) in [4.78, 5) is 52.5. The minimum atomic E-state index is -1.00. The van der Waals surface area contributed by atoms with E-state index in [4.69, 9.17) is 14.0 Å². The quantitative estimate of drug-likeness (QED) is 0.319. The normalized spacial score (nSPS) is 20.7. The van der Waals surface area contributed by atoms with E-state index in [2.05, 4.69) is 21.1 Å². The van der Waals surface area contributed by atoms with Crippen LogP contribution in [0.25, 0.3) is 0 Å². The van der Waals surface area contributed by atoms with Gasteiger partial charge in [-0.25, -0.2) is 0 Å². The van der Waals surface area contributed by atoms with Crippen molar-refractivity contribution in [2.45, 2.75) is 83.0 Å². The molecule has 1 saturated carbocycles. The van der Waals surface area contributed by atoms with Crippen LogP contribution in [0.3, 0.4) is 0 Å². The zero-order valence-corrected chi connectivity index (χ0v) is 23.5. The molecule has 1 aliphatic carbocycles. The van der Waals surface area contributed by atoms with Crippen LogP contribution in [0.4, 0.5) is 0 Å². The summed E-state index contributed by atoms with van der Waals surface area (Å²) in [5.74, 6) is -0.796. The van der Waals surface area contributed by atoms with E-state index in [0.29, 0.717) is 30.4 Å². The summed E-state index contributed by atoms with van der Waals surface area (Å²) in [5.41, 5.74) is 0.431. The maximum atomic E-state index is 13.7.